The van der Waals surface area contributed by atoms with Crippen molar-refractivity contribution >= 4 is 29.1 Å². The minimum Gasteiger partial charge on any atom is -0.460 e. The molecular weight excluding hydrogens is 306 g/mol. The van der Waals surface area contributed by atoms with E-state index in [1.807, 2.05) is 12.1 Å². The number of amidine groups is 1. The number of nitrogens with one attached hydrogen (secondary N) is 2. The van der Waals surface area contributed by atoms with Crippen molar-refractivity contribution in [1.82, 2.24) is 5.43 Å². The average Bonchev–Trinajstić information content (AvgIpc) is 3.02. The van der Waals surface area contributed by atoms with Crippen LogP contribution in [-0.2, 0) is 14.3 Å². The topological polar surface area (TPSA) is 72.0 Å². The van der Waals surface area contributed by atoms with Crippen molar-refractivity contribution in [1.29, 1.82) is 0 Å². The molecule has 0 unspecified atom stereocenters. The minimum absolute atomic E-state index is 0.0616. The third kappa shape index (κ3) is 4.89. The second-order valence-electron chi connectivity index (χ2n) is 4.77. The molecule has 6 nitrogen and oxygen atoms in total. The van der Waals surface area contributed by atoms with E-state index in [2.05, 4.69) is 15.8 Å². The Bertz CT molecular complexity index is 531. The van der Waals surface area contributed by atoms with E-state index in [0.29, 0.717) is 17.3 Å². The summed E-state index contributed by atoms with van der Waals surface area (Å²) in [7, 11) is 0. The Labute approximate surface area is 134 Å². The van der Waals surface area contributed by atoms with Crippen LogP contribution in [0.15, 0.2) is 29.3 Å². The first-order chi connectivity index (χ1) is 10.7. The lowest BCUT2D eigenvalue weighted by Crippen LogP contribution is -2.37. The molecule has 0 aliphatic carbocycles. The van der Waals surface area contributed by atoms with Gasteiger partial charge in [-0.2, -0.15) is 0 Å². The summed E-state index contributed by atoms with van der Waals surface area (Å²) in [5.74, 6) is -0.405. The van der Waals surface area contributed by atoms with E-state index >= 15 is 0 Å². The zero-order valence-corrected chi connectivity index (χ0v) is 13.2. The number of carbonyl (C=O) groups excluding carboxylic acids is 1. The van der Waals surface area contributed by atoms with E-state index in [0.717, 1.165) is 19.4 Å². The molecule has 22 heavy (non-hydrogen) atoms. The van der Waals surface area contributed by atoms with E-state index in [1.165, 1.54) is 0 Å². The predicted molar refractivity (Wildman–Crippen MR) is 86.1 cm³/mol. The lowest BCUT2D eigenvalue weighted by atomic mass is 10.2. The number of ether oxygens (including phenoxy) is 2. The number of halogens is 1. The van der Waals surface area contributed by atoms with Gasteiger partial charge in [0.25, 0.3) is 0 Å². The molecule has 0 bridgehead atoms. The Morgan fingerprint density at radius 2 is 2.32 bits per heavy atom. The van der Waals surface area contributed by atoms with Crippen molar-refractivity contribution < 1.29 is 14.3 Å². The number of benzene rings is 1. The molecule has 1 aromatic rings. The maximum Gasteiger partial charge on any atom is 0.375 e. The molecule has 1 saturated heterocycles. The van der Waals surface area contributed by atoms with Crippen LogP contribution in [0, 0.1) is 0 Å². The summed E-state index contributed by atoms with van der Waals surface area (Å²) in [6, 6.07) is 7.20. The largest absolute Gasteiger partial charge is 0.460 e. The van der Waals surface area contributed by atoms with Crippen LogP contribution < -0.4 is 10.9 Å². The maximum absolute atomic E-state index is 11.9. The molecule has 0 radical (unpaired) electrons. The van der Waals surface area contributed by atoms with Gasteiger partial charge in [-0.3, -0.25) is 15.8 Å². The Morgan fingerprint density at radius 3 is 3.00 bits per heavy atom. The van der Waals surface area contributed by atoms with Gasteiger partial charge in [-0.05, 0) is 31.9 Å². The lowest BCUT2D eigenvalue weighted by molar-refractivity contribution is -0.135. The number of aliphatic imine (C=N–C) groups is 1. The van der Waals surface area contributed by atoms with Gasteiger partial charge in [-0.1, -0.05) is 23.7 Å². The number of hydrogen-bond donors (Lipinski definition) is 2. The molecule has 0 amide bonds. The highest BCUT2D eigenvalue weighted by Crippen LogP contribution is 2.19. The molecular formula is C15H20ClN3O3. The van der Waals surface area contributed by atoms with Crippen molar-refractivity contribution in [2.75, 3.05) is 25.2 Å². The number of nitrogens with zero attached hydrogens (tertiary/aromatic N) is 1. The SMILES string of the molecule is CCOC(=O)C(=NC[C@@H]1CCCO1)NNc1ccccc1Cl. The number of anilines is 1. The first kappa shape index (κ1) is 16.6. The van der Waals surface area contributed by atoms with Gasteiger partial charge in [0.2, 0.25) is 5.84 Å². The number of hydrogen-bond acceptors (Lipinski definition) is 5. The highest BCUT2D eigenvalue weighted by molar-refractivity contribution is 6.36. The van der Waals surface area contributed by atoms with Gasteiger partial charge in [-0.25, -0.2) is 4.79 Å². The van der Waals surface area contributed by atoms with Crippen LogP contribution in [0.4, 0.5) is 5.69 Å². The fraction of sp³-hybridized carbons (Fsp3) is 0.467. The Kier molecular flexibility index (Phi) is 6.48. The Balaban J connectivity index is 1.98. The van der Waals surface area contributed by atoms with E-state index in [9.17, 15) is 4.79 Å². The highest BCUT2D eigenvalue weighted by Gasteiger charge is 2.18. The second-order valence-corrected chi connectivity index (χ2v) is 5.18. The molecule has 2 rings (SSSR count). The van der Waals surface area contributed by atoms with Crippen molar-refractivity contribution in [2.45, 2.75) is 25.9 Å². The number of carbonyl (C=O) groups is 1. The molecule has 2 N–H and O–H groups in total. The van der Waals surface area contributed by atoms with Crippen molar-refractivity contribution in [3.05, 3.63) is 29.3 Å². The minimum atomic E-state index is -0.514. The Hall–Kier alpha value is -1.79. The monoisotopic (exact) mass is 325 g/mol. The molecule has 7 heteroatoms. The quantitative estimate of drug-likeness (QED) is 0.376. The molecule has 1 heterocycles. The maximum atomic E-state index is 11.9. The van der Waals surface area contributed by atoms with E-state index in [1.54, 1.807) is 19.1 Å². The van der Waals surface area contributed by atoms with Gasteiger partial charge in [0.05, 0.1) is 30.0 Å². The van der Waals surface area contributed by atoms with Crippen LogP contribution in [0.25, 0.3) is 0 Å². The number of rotatable bonds is 5. The molecule has 1 aromatic carbocycles. The highest BCUT2D eigenvalue weighted by atomic mass is 35.5. The standard InChI is InChI=1S/C15H20ClN3O3/c1-2-21-15(20)14(17-10-11-6-5-9-22-11)19-18-13-8-4-3-7-12(13)16/h3-4,7-8,11,18H,2,5-6,9-10H2,1H3,(H,17,19)/t11-/m0/s1. The van der Waals surface area contributed by atoms with Gasteiger partial charge in [-0.15, -0.1) is 0 Å². The molecule has 1 fully saturated rings. The third-order valence-corrected chi connectivity index (χ3v) is 3.46. The fourth-order valence-electron chi connectivity index (χ4n) is 2.03. The molecule has 1 aliphatic rings. The van der Waals surface area contributed by atoms with Crippen molar-refractivity contribution in [2.24, 2.45) is 4.99 Å². The summed E-state index contributed by atoms with van der Waals surface area (Å²) in [4.78, 5) is 16.2. The van der Waals surface area contributed by atoms with E-state index in [-0.39, 0.29) is 18.5 Å². The van der Waals surface area contributed by atoms with Crippen LogP contribution in [0.1, 0.15) is 19.8 Å². The summed E-state index contributed by atoms with van der Waals surface area (Å²) >= 11 is 6.05. The Morgan fingerprint density at radius 1 is 1.50 bits per heavy atom. The summed E-state index contributed by atoms with van der Waals surface area (Å²) in [5.41, 5.74) is 6.30. The van der Waals surface area contributed by atoms with Crippen LogP contribution in [0.3, 0.4) is 0 Å². The zero-order chi connectivity index (χ0) is 15.8. The van der Waals surface area contributed by atoms with Crippen LogP contribution >= 0.6 is 11.6 Å². The van der Waals surface area contributed by atoms with Gasteiger partial charge in [0, 0.05) is 6.61 Å². The zero-order valence-electron chi connectivity index (χ0n) is 12.5. The van der Waals surface area contributed by atoms with Gasteiger partial charge >= 0.3 is 5.97 Å². The first-order valence-corrected chi connectivity index (χ1v) is 7.68. The van der Waals surface area contributed by atoms with Crippen LogP contribution in [-0.4, -0.2) is 37.7 Å². The van der Waals surface area contributed by atoms with Gasteiger partial charge in [0.15, 0.2) is 0 Å². The average molecular weight is 326 g/mol. The molecule has 1 aliphatic heterocycles. The normalized spacial score (nSPS) is 18.1. The second kappa shape index (κ2) is 8.60. The molecule has 1 atom stereocenters. The molecule has 0 saturated carbocycles. The smallest absolute Gasteiger partial charge is 0.375 e. The number of hydrazine groups is 1. The lowest BCUT2D eigenvalue weighted by Gasteiger charge is -2.13. The molecule has 120 valence electrons. The first-order valence-electron chi connectivity index (χ1n) is 7.30. The summed E-state index contributed by atoms with van der Waals surface area (Å²) in [6.07, 6.45) is 2.05. The predicted octanol–water partition coefficient (Wildman–Crippen LogP) is 2.40. The molecule has 0 aromatic heterocycles. The summed E-state index contributed by atoms with van der Waals surface area (Å²) < 4.78 is 10.5. The van der Waals surface area contributed by atoms with E-state index < -0.39 is 5.97 Å². The van der Waals surface area contributed by atoms with E-state index in [4.69, 9.17) is 21.1 Å². The van der Waals surface area contributed by atoms with Crippen molar-refractivity contribution in [3.8, 4) is 0 Å². The summed E-state index contributed by atoms with van der Waals surface area (Å²) in [6.45, 7) is 3.20. The fourth-order valence-corrected chi connectivity index (χ4v) is 2.21. The number of esters is 1. The van der Waals surface area contributed by atoms with Crippen molar-refractivity contribution in [3.63, 3.8) is 0 Å². The van der Waals surface area contributed by atoms with Crippen LogP contribution in [0.5, 0.6) is 0 Å². The molecule has 0 spiro atoms. The van der Waals surface area contributed by atoms with Gasteiger partial charge < -0.3 is 9.47 Å². The van der Waals surface area contributed by atoms with Crippen LogP contribution in [0.2, 0.25) is 5.02 Å². The van der Waals surface area contributed by atoms with Gasteiger partial charge in [0.1, 0.15) is 0 Å². The summed E-state index contributed by atoms with van der Waals surface area (Å²) in [5, 5.41) is 0.539. The number of para-hydroxylation sites is 1. The third-order valence-electron chi connectivity index (χ3n) is 3.14.